The van der Waals surface area contributed by atoms with E-state index in [0.717, 1.165) is 38.3 Å². The highest BCUT2D eigenvalue weighted by Crippen LogP contribution is 2.17. The molecule has 1 aromatic rings. The summed E-state index contributed by atoms with van der Waals surface area (Å²) in [6, 6.07) is 4.17. The van der Waals surface area contributed by atoms with Gasteiger partial charge in [0.2, 0.25) is 0 Å². The van der Waals surface area contributed by atoms with Gasteiger partial charge in [-0.3, -0.25) is 4.79 Å². The molecular formula is C15H25N5O. The normalized spacial score (nSPS) is 18.6. The zero-order valence-electron chi connectivity index (χ0n) is 13.2. The lowest BCUT2D eigenvalue weighted by molar-refractivity contribution is 0.0821. The van der Waals surface area contributed by atoms with Crippen LogP contribution in [0.3, 0.4) is 0 Å². The summed E-state index contributed by atoms with van der Waals surface area (Å²) in [5.41, 5.74) is 0.390. The van der Waals surface area contributed by atoms with Gasteiger partial charge >= 0.3 is 0 Å². The van der Waals surface area contributed by atoms with Gasteiger partial charge in [-0.15, -0.1) is 10.2 Å². The number of aromatic nitrogens is 2. The molecule has 0 saturated carbocycles. The van der Waals surface area contributed by atoms with Gasteiger partial charge in [-0.2, -0.15) is 0 Å². The molecule has 0 spiro atoms. The maximum absolute atomic E-state index is 11.8. The van der Waals surface area contributed by atoms with E-state index in [9.17, 15) is 4.79 Å². The average molecular weight is 291 g/mol. The van der Waals surface area contributed by atoms with Crippen LogP contribution in [0.5, 0.6) is 0 Å². The smallest absolute Gasteiger partial charge is 0.273 e. The minimum atomic E-state index is -0.116. The summed E-state index contributed by atoms with van der Waals surface area (Å²) < 4.78 is 0. The zero-order chi connectivity index (χ0) is 15.2. The van der Waals surface area contributed by atoms with Gasteiger partial charge in [-0.1, -0.05) is 6.92 Å². The fourth-order valence-electron chi connectivity index (χ4n) is 2.54. The highest BCUT2D eigenvalue weighted by molar-refractivity contribution is 5.91. The second-order valence-electron chi connectivity index (χ2n) is 5.72. The van der Waals surface area contributed by atoms with Crippen molar-refractivity contribution in [3.05, 3.63) is 17.8 Å². The molecule has 2 heterocycles. The average Bonchev–Trinajstić information content (AvgIpc) is 2.52. The predicted molar refractivity (Wildman–Crippen MR) is 83.6 cm³/mol. The molecule has 1 fully saturated rings. The van der Waals surface area contributed by atoms with Crippen molar-refractivity contribution in [1.82, 2.24) is 20.4 Å². The Morgan fingerprint density at radius 3 is 2.86 bits per heavy atom. The van der Waals surface area contributed by atoms with Gasteiger partial charge in [0, 0.05) is 33.2 Å². The molecule has 21 heavy (non-hydrogen) atoms. The maximum Gasteiger partial charge on any atom is 0.273 e. The highest BCUT2D eigenvalue weighted by atomic mass is 16.2. The van der Waals surface area contributed by atoms with Crippen molar-refractivity contribution in [2.75, 3.05) is 38.6 Å². The molecule has 2 rings (SSSR count). The van der Waals surface area contributed by atoms with Gasteiger partial charge < -0.3 is 15.1 Å². The van der Waals surface area contributed by atoms with Crippen LogP contribution in [0.2, 0.25) is 0 Å². The van der Waals surface area contributed by atoms with Crippen molar-refractivity contribution in [1.29, 1.82) is 0 Å². The van der Waals surface area contributed by atoms with Crippen molar-refractivity contribution in [3.63, 3.8) is 0 Å². The molecule has 1 saturated heterocycles. The number of nitrogens with one attached hydrogen (secondary N) is 1. The molecule has 0 aromatic carbocycles. The lowest BCUT2D eigenvalue weighted by atomic mass is 10.1. The van der Waals surface area contributed by atoms with E-state index in [1.165, 1.54) is 11.3 Å². The van der Waals surface area contributed by atoms with Crippen LogP contribution in [0.1, 0.15) is 36.7 Å². The van der Waals surface area contributed by atoms with Crippen LogP contribution in [0.25, 0.3) is 0 Å². The Morgan fingerprint density at radius 1 is 1.43 bits per heavy atom. The van der Waals surface area contributed by atoms with Crippen molar-refractivity contribution in [2.45, 2.75) is 32.2 Å². The van der Waals surface area contributed by atoms with E-state index in [1.54, 1.807) is 20.2 Å². The van der Waals surface area contributed by atoms with Gasteiger partial charge in [0.25, 0.3) is 5.91 Å². The third-order valence-corrected chi connectivity index (χ3v) is 3.70. The second-order valence-corrected chi connectivity index (χ2v) is 5.72. The monoisotopic (exact) mass is 291 g/mol. The Morgan fingerprint density at radius 2 is 2.24 bits per heavy atom. The quantitative estimate of drug-likeness (QED) is 0.881. The first-order valence-corrected chi connectivity index (χ1v) is 7.65. The number of rotatable bonds is 5. The minimum Gasteiger partial charge on any atom is -0.354 e. The predicted octanol–water partition coefficient (Wildman–Crippen LogP) is 1.15. The van der Waals surface area contributed by atoms with E-state index in [0.29, 0.717) is 11.7 Å². The molecule has 1 aliphatic heterocycles. The summed E-state index contributed by atoms with van der Waals surface area (Å²) >= 11 is 0. The zero-order valence-corrected chi connectivity index (χ0v) is 13.2. The van der Waals surface area contributed by atoms with Crippen molar-refractivity contribution < 1.29 is 4.79 Å². The van der Waals surface area contributed by atoms with E-state index in [2.05, 4.69) is 27.3 Å². The summed E-state index contributed by atoms with van der Waals surface area (Å²) in [5.74, 6) is 0.739. The van der Waals surface area contributed by atoms with Crippen LogP contribution >= 0.6 is 0 Å². The Kier molecular flexibility index (Phi) is 5.50. The molecule has 1 N–H and O–H groups in total. The molecule has 1 atom stereocenters. The van der Waals surface area contributed by atoms with E-state index in [1.807, 2.05) is 6.07 Å². The number of anilines is 1. The van der Waals surface area contributed by atoms with E-state index >= 15 is 0 Å². The molecule has 6 heteroatoms. The van der Waals surface area contributed by atoms with Gasteiger partial charge in [0.1, 0.15) is 0 Å². The molecule has 0 radical (unpaired) electrons. The standard InChI is InChI=1S/C15H25N5O/c1-4-9-16-12-6-5-10-20(11-12)14-8-7-13(17-18-14)15(21)19(2)3/h7-8,12,16H,4-6,9-11H2,1-3H3. The van der Waals surface area contributed by atoms with Gasteiger partial charge in [0.05, 0.1) is 0 Å². The number of hydrogen-bond acceptors (Lipinski definition) is 5. The van der Waals surface area contributed by atoms with E-state index in [4.69, 9.17) is 0 Å². The molecule has 0 aliphatic carbocycles. The first-order valence-electron chi connectivity index (χ1n) is 7.65. The number of nitrogens with zero attached hydrogens (tertiary/aromatic N) is 4. The topological polar surface area (TPSA) is 61.4 Å². The molecule has 1 aromatic heterocycles. The summed E-state index contributed by atoms with van der Waals surface area (Å²) in [5, 5.41) is 11.8. The maximum atomic E-state index is 11.8. The number of carbonyl (C=O) groups excluding carboxylic acids is 1. The van der Waals surface area contributed by atoms with Crippen LogP contribution in [-0.4, -0.2) is 60.8 Å². The molecule has 6 nitrogen and oxygen atoms in total. The first-order chi connectivity index (χ1) is 10.1. The SMILES string of the molecule is CCCNC1CCCN(c2ccc(C(=O)N(C)C)nn2)C1. The summed E-state index contributed by atoms with van der Waals surface area (Å²) in [6.45, 7) is 5.19. The largest absolute Gasteiger partial charge is 0.354 e. The summed E-state index contributed by atoms with van der Waals surface area (Å²) in [7, 11) is 3.43. The van der Waals surface area contributed by atoms with Crippen molar-refractivity contribution in [3.8, 4) is 0 Å². The minimum absolute atomic E-state index is 0.116. The van der Waals surface area contributed by atoms with Crippen LogP contribution in [-0.2, 0) is 0 Å². The Labute approximate surface area is 126 Å². The van der Waals surface area contributed by atoms with Crippen LogP contribution in [0.4, 0.5) is 5.82 Å². The molecule has 1 amide bonds. The van der Waals surface area contributed by atoms with Crippen molar-refractivity contribution in [2.24, 2.45) is 0 Å². The summed E-state index contributed by atoms with van der Waals surface area (Å²) in [4.78, 5) is 15.6. The van der Waals surface area contributed by atoms with E-state index in [-0.39, 0.29) is 5.91 Å². The molecule has 1 unspecified atom stereocenters. The highest BCUT2D eigenvalue weighted by Gasteiger charge is 2.21. The third-order valence-electron chi connectivity index (χ3n) is 3.70. The summed E-state index contributed by atoms with van der Waals surface area (Å²) in [6.07, 6.45) is 3.51. The van der Waals surface area contributed by atoms with Crippen molar-refractivity contribution >= 4 is 11.7 Å². The molecule has 116 valence electrons. The number of carbonyl (C=O) groups is 1. The molecular weight excluding hydrogens is 266 g/mol. The first kappa shape index (κ1) is 15.7. The van der Waals surface area contributed by atoms with Gasteiger partial charge in [-0.05, 0) is 37.9 Å². The molecule has 0 bridgehead atoms. The molecule has 1 aliphatic rings. The van der Waals surface area contributed by atoms with Crippen LogP contribution in [0.15, 0.2) is 12.1 Å². The Balaban J connectivity index is 1.99. The Hall–Kier alpha value is -1.69. The lowest BCUT2D eigenvalue weighted by Gasteiger charge is -2.33. The number of piperidine rings is 1. The fourth-order valence-corrected chi connectivity index (χ4v) is 2.54. The fraction of sp³-hybridized carbons (Fsp3) is 0.667. The third kappa shape index (κ3) is 4.14. The Bertz CT molecular complexity index is 460. The number of amides is 1. The van der Waals surface area contributed by atoms with Gasteiger partial charge in [-0.25, -0.2) is 0 Å². The van der Waals surface area contributed by atoms with Crippen LogP contribution in [0, 0.1) is 0 Å². The number of hydrogen-bond donors (Lipinski definition) is 1. The van der Waals surface area contributed by atoms with E-state index < -0.39 is 0 Å². The van der Waals surface area contributed by atoms with Crippen LogP contribution < -0.4 is 10.2 Å². The van der Waals surface area contributed by atoms with Gasteiger partial charge in [0.15, 0.2) is 11.5 Å². The second kappa shape index (κ2) is 7.36. The lowest BCUT2D eigenvalue weighted by Crippen LogP contribution is -2.46.